The molecule has 0 saturated heterocycles. The summed E-state index contributed by atoms with van der Waals surface area (Å²) in [6, 6.07) is 20.2. The summed E-state index contributed by atoms with van der Waals surface area (Å²) in [5.74, 6) is 0.680. The number of halogens is 1. The van der Waals surface area contributed by atoms with Crippen LogP contribution in [-0.4, -0.2) is 39.4 Å². The summed E-state index contributed by atoms with van der Waals surface area (Å²) in [7, 11) is 1.50. The summed E-state index contributed by atoms with van der Waals surface area (Å²) in [4.78, 5) is 24.3. The van der Waals surface area contributed by atoms with Gasteiger partial charge in [-0.15, -0.1) is 10.2 Å². The van der Waals surface area contributed by atoms with Crippen LogP contribution in [0.2, 0.25) is 0 Å². The van der Waals surface area contributed by atoms with Gasteiger partial charge in [0.1, 0.15) is 17.3 Å². The van der Waals surface area contributed by atoms with Crippen molar-refractivity contribution >= 4 is 35.0 Å². The van der Waals surface area contributed by atoms with E-state index in [-0.39, 0.29) is 23.4 Å². The lowest BCUT2D eigenvalue weighted by molar-refractivity contribution is -0.114. The molecular weight excluding hydrogens is 509 g/mol. The molecule has 0 bridgehead atoms. The maximum atomic E-state index is 13.3. The topological polar surface area (TPSA) is 107 Å². The molecule has 38 heavy (non-hydrogen) atoms. The highest BCUT2D eigenvalue weighted by Gasteiger charge is 2.22. The lowest BCUT2D eigenvalue weighted by atomic mass is 10.2. The number of hydrogen-bond donors (Lipinski definition) is 2. The van der Waals surface area contributed by atoms with E-state index in [1.807, 2.05) is 41.8 Å². The van der Waals surface area contributed by atoms with Crippen molar-refractivity contribution in [3.05, 3.63) is 84.4 Å². The fourth-order valence-electron chi connectivity index (χ4n) is 3.63. The number of rotatable bonds is 10. The number of anilines is 2. The van der Waals surface area contributed by atoms with Crippen LogP contribution in [0.25, 0.3) is 5.69 Å². The van der Waals surface area contributed by atoms with E-state index in [0.29, 0.717) is 33.9 Å². The van der Waals surface area contributed by atoms with Crippen LogP contribution >= 0.6 is 11.8 Å². The Morgan fingerprint density at radius 2 is 1.76 bits per heavy atom. The number of methoxy groups -OCH3 is 1. The summed E-state index contributed by atoms with van der Waals surface area (Å²) < 4.78 is 26.3. The number of nitrogens with one attached hydrogen (secondary N) is 2. The van der Waals surface area contributed by atoms with Crippen molar-refractivity contribution in [1.29, 1.82) is 0 Å². The number of benzene rings is 3. The second-order valence-electron chi connectivity index (χ2n) is 8.16. The number of amides is 2. The molecule has 196 valence electrons. The molecule has 0 aliphatic carbocycles. The molecule has 1 heterocycles. The third-order valence-corrected chi connectivity index (χ3v) is 6.22. The van der Waals surface area contributed by atoms with Gasteiger partial charge in [0.15, 0.2) is 17.1 Å². The van der Waals surface area contributed by atoms with Gasteiger partial charge in [-0.2, -0.15) is 0 Å². The standard InChI is InChI=1S/C27H26FN5O4S/c1-17(37-22-12-9-19(28)10-13-22)26-31-32-27(33(26)21-7-5-4-6-8-21)38-16-25(35)30-20-11-14-24(36-3)23(15-20)29-18(2)34/h4-15,17H,16H2,1-3H3,(H,29,34)(H,30,35). The fraction of sp³-hybridized carbons (Fsp3) is 0.185. The quantitative estimate of drug-likeness (QED) is 0.267. The maximum absolute atomic E-state index is 13.3. The van der Waals surface area contributed by atoms with Crippen molar-refractivity contribution in [1.82, 2.24) is 14.8 Å². The van der Waals surface area contributed by atoms with Crippen LogP contribution in [-0.2, 0) is 9.59 Å². The molecule has 1 unspecified atom stereocenters. The Balaban J connectivity index is 1.50. The Hall–Kier alpha value is -4.38. The molecule has 2 N–H and O–H groups in total. The number of carbonyl (C=O) groups excluding carboxylic acids is 2. The molecule has 0 spiro atoms. The number of aromatic nitrogens is 3. The van der Waals surface area contributed by atoms with Gasteiger partial charge < -0.3 is 20.1 Å². The number of thioether (sulfide) groups is 1. The first kappa shape index (κ1) is 26.7. The SMILES string of the molecule is COc1ccc(NC(=O)CSc2nnc(C(C)Oc3ccc(F)cc3)n2-c2ccccc2)cc1NC(C)=O. The summed E-state index contributed by atoms with van der Waals surface area (Å²) in [6.45, 7) is 3.22. The van der Waals surface area contributed by atoms with E-state index in [2.05, 4.69) is 20.8 Å². The highest BCUT2D eigenvalue weighted by molar-refractivity contribution is 7.99. The predicted octanol–water partition coefficient (Wildman–Crippen LogP) is 5.24. The average Bonchev–Trinajstić information content (AvgIpc) is 3.33. The summed E-state index contributed by atoms with van der Waals surface area (Å²) in [6.07, 6.45) is -0.511. The van der Waals surface area contributed by atoms with E-state index >= 15 is 0 Å². The zero-order valence-electron chi connectivity index (χ0n) is 21.0. The number of carbonyl (C=O) groups is 2. The van der Waals surface area contributed by atoms with E-state index in [0.717, 1.165) is 5.69 Å². The highest BCUT2D eigenvalue weighted by Crippen LogP contribution is 2.30. The van der Waals surface area contributed by atoms with Crippen LogP contribution in [0.1, 0.15) is 25.8 Å². The summed E-state index contributed by atoms with van der Waals surface area (Å²) >= 11 is 1.22. The Kier molecular flexibility index (Phi) is 8.59. The molecule has 0 radical (unpaired) electrons. The molecule has 1 aromatic heterocycles. The smallest absolute Gasteiger partial charge is 0.234 e. The number of hydrogen-bond acceptors (Lipinski definition) is 7. The number of para-hydroxylation sites is 1. The lowest BCUT2D eigenvalue weighted by Gasteiger charge is -2.16. The second kappa shape index (κ2) is 12.2. The minimum absolute atomic E-state index is 0.0552. The van der Waals surface area contributed by atoms with Crippen LogP contribution < -0.4 is 20.1 Å². The second-order valence-corrected chi connectivity index (χ2v) is 9.10. The predicted molar refractivity (Wildman–Crippen MR) is 143 cm³/mol. The molecule has 4 rings (SSSR count). The Bertz CT molecular complexity index is 1410. The van der Waals surface area contributed by atoms with Gasteiger partial charge in [-0.3, -0.25) is 14.2 Å². The molecule has 3 aromatic carbocycles. The van der Waals surface area contributed by atoms with Gasteiger partial charge in [0.25, 0.3) is 0 Å². The van der Waals surface area contributed by atoms with E-state index < -0.39 is 6.10 Å². The fourth-order valence-corrected chi connectivity index (χ4v) is 4.39. The largest absolute Gasteiger partial charge is 0.495 e. The van der Waals surface area contributed by atoms with E-state index in [9.17, 15) is 14.0 Å². The van der Waals surface area contributed by atoms with Gasteiger partial charge >= 0.3 is 0 Å². The third kappa shape index (κ3) is 6.68. The number of nitrogens with zero attached hydrogens (tertiary/aromatic N) is 3. The molecule has 0 aliphatic heterocycles. The van der Waals surface area contributed by atoms with Crippen molar-refractivity contribution in [2.75, 3.05) is 23.5 Å². The first-order valence-electron chi connectivity index (χ1n) is 11.6. The van der Waals surface area contributed by atoms with E-state index in [1.54, 1.807) is 30.3 Å². The molecule has 4 aromatic rings. The van der Waals surface area contributed by atoms with Crippen molar-refractivity contribution in [3.63, 3.8) is 0 Å². The minimum Gasteiger partial charge on any atom is -0.495 e. The average molecular weight is 536 g/mol. The molecule has 11 heteroatoms. The first-order chi connectivity index (χ1) is 18.3. The third-order valence-electron chi connectivity index (χ3n) is 5.29. The molecule has 0 saturated carbocycles. The van der Waals surface area contributed by atoms with Gasteiger partial charge in [-0.25, -0.2) is 4.39 Å². The van der Waals surface area contributed by atoms with Gasteiger partial charge in [-0.05, 0) is 61.5 Å². The Labute approximate surface area is 223 Å². The molecule has 1 atom stereocenters. The normalized spacial score (nSPS) is 11.5. The molecule has 9 nitrogen and oxygen atoms in total. The van der Waals surface area contributed by atoms with Crippen LogP contribution in [0.15, 0.2) is 78.0 Å². The highest BCUT2D eigenvalue weighted by atomic mass is 32.2. The zero-order valence-corrected chi connectivity index (χ0v) is 21.8. The maximum Gasteiger partial charge on any atom is 0.234 e. The summed E-state index contributed by atoms with van der Waals surface area (Å²) in [5.41, 5.74) is 1.76. The van der Waals surface area contributed by atoms with Crippen LogP contribution in [0.4, 0.5) is 15.8 Å². The van der Waals surface area contributed by atoms with Crippen molar-refractivity contribution in [2.45, 2.75) is 25.1 Å². The van der Waals surface area contributed by atoms with Crippen LogP contribution in [0.3, 0.4) is 0 Å². The van der Waals surface area contributed by atoms with Gasteiger partial charge in [-0.1, -0.05) is 30.0 Å². The van der Waals surface area contributed by atoms with Crippen molar-refractivity contribution in [2.24, 2.45) is 0 Å². The van der Waals surface area contributed by atoms with E-state index in [4.69, 9.17) is 9.47 Å². The van der Waals surface area contributed by atoms with Crippen molar-refractivity contribution < 1.29 is 23.5 Å². The number of ether oxygens (including phenoxy) is 2. The Morgan fingerprint density at radius 3 is 2.45 bits per heavy atom. The molecule has 2 amide bonds. The zero-order chi connectivity index (χ0) is 27.1. The van der Waals surface area contributed by atoms with Gasteiger partial charge in [0, 0.05) is 18.3 Å². The molecule has 0 aliphatic rings. The van der Waals surface area contributed by atoms with Crippen LogP contribution in [0, 0.1) is 5.82 Å². The molecular formula is C27H26FN5O4S. The lowest BCUT2D eigenvalue weighted by Crippen LogP contribution is -2.16. The van der Waals surface area contributed by atoms with E-state index in [1.165, 1.54) is 37.9 Å². The van der Waals surface area contributed by atoms with Crippen molar-refractivity contribution in [3.8, 4) is 17.2 Å². The van der Waals surface area contributed by atoms with Crippen LogP contribution in [0.5, 0.6) is 11.5 Å². The minimum atomic E-state index is -0.511. The molecule has 0 fully saturated rings. The van der Waals surface area contributed by atoms with Gasteiger partial charge in [0.05, 0.1) is 18.6 Å². The Morgan fingerprint density at radius 1 is 1.03 bits per heavy atom. The monoisotopic (exact) mass is 535 g/mol. The van der Waals surface area contributed by atoms with Gasteiger partial charge in [0.2, 0.25) is 11.8 Å². The summed E-state index contributed by atoms with van der Waals surface area (Å²) in [5, 5.41) is 14.7. The first-order valence-corrected chi connectivity index (χ1v) is 12.6.